The average molecular weight is 437 g/mol. The number of aryl methyl sites for hydroxylation is 1. The number of hydrogen-bond acceptors (Lipinski definition) is 5. The Kier molecular flexibility index (Phi) is 4.51. The molecule has 1 aromatic carbocycles. The topological polar surface area (TPSA) is 70.7 Å². The van der Waals surface area contributed by atoms with E-state index in [9.17, 15) is 0 Å². The van der Waals surface area contributed by atoms with Gasteiger partial charge in [0.25, 0.3) is 0 Å². The first-order valence-electron chi connectivity index (χ1n) is 11.0. The molecule has 0 amide bonds. The molecule has 2 aliphatic rings. The van der Waals surface area contributed by atoms with E-state index in [-0.39, 0.29) is 6.10 Å². The number of fused-ring (bicyclic) bond motifs is 3. The fourth-order valence-corrected chi connectivity index (χ4v) is 5.06. The minimum atomic E-state index is 0.218. The molecule has 160 valence electrons. The van der Waals surface area contributed by atoms with E-state index in [1.165, 1.54) is 12.8 Å². The molecule has 4 heterocycles. The van der Waals surface area contributed by atoms with Gasteiger partial charge in [-0.05, 0) is 50.8 Å². The Balaban J connectivity index is 1.52. The number of halogens is 1. The maximum absolute atomic E-state index is 6.37. The molecular weight excluding hydrogens is 412 g/mol. The van der Waals surface area contributed by atoms with Gasteiger partial charge in [0.2, 0.25) is 0 Å². The average Bonchev–Trinajstić information content (AvgIpc) is 3.42. The van der Waals surface area contributed by atoms with Crippen LogP contribution in [0, 0.1) is 0 Å². The molecule has 1 saturated heterocycles. The molecule has 0 N–H and O–H groups in total. The van der Waals surface area contributed by atoms with Crippen LogP contribution >= 0.6 is 11.6 Å². The molecule has 2 fully saturated rings. The fourth-order valence-electron chi connectivity index (χ4n) is 4.89. The van der Waals surface area contributed by atoms with Crippen LogP contribution in [0.4, 0.5) is 0 Å². The SMILES string of the molecule is C[C@@H]1CC(n2c(Cc3nc(C4CC4)n(C)n3)nc3cnc4ccc(Cl)cc4c32)CCO1. The van der Waals surface area contributed by atoms with Crippen LogP contribution in [0.25, 0.3) is 21.9 Å². The van der Waals surface area contributed by atoms with Crippen LogP contribution < -0.4 is 0 Å². The molecule has 0 bridgehead atoms. The Morgan fingerprint density at radius 1 is 1.16 bits per heavy atom. The lowest BCUT2D eigenvalue weighted by Gasteiger charge is -2.30. The van der Waals surface area contributed by atoms with E-state index in [2.05, 4.69) is 16.5 Å². The van der Waals surface area contributed by atoms with E-state index in [1.54, 1.807) is 0 Å². The smallest absolute Gasteiger partial charge is 0.158 e. The van der Waals surface area contributed by atoms with Crippen LogP contribution in [-0.2, 0) is 18.2 Å². The van der Waals surface area contributed by atoms with Gasteiger partial charge in [0.05, 0.1) is 29.8 Å². The highest BCUT2D eigenvalue weighted by molar-refractivity contribution is 6.31. The number of rotatable bonds is 4. The summed E-state index contributed by atoms with van der Waals surface area (Å²) in [6.07, 6.45) is 7.02. The lowest BCUT2D eigenvalue weighted by molar-refractivity contribution is 0.00630. The third-order valence-corrected chi connectivity index (χ3v) is 6.71. The lowest BCUT2D eigenvalue weighted by atomic mass is 10.0. The van der Waals surface area contributed by atoms with Crippen molar-refractivity contribution in [2.45, 2.75) is 57.1 Å². The van der Waals surface area contributed by atoms with Gasteiger partial charge in [-0.2, -0.15) is 5.10 Å². The van der Waals surface area contributed by atoms with Gasteiger partial charge >= 0.3 is 0 Å². The zero-order valence-electron chi connectivity index (χ0n) is 17.8. The predicted octanol–water partition coefficient (Wildman–Crippen LogP) is 4.57. The standard InChI is InChI=1S/C23H25ClN6O/c1-13-9-16(7-8-31-13)30-21(11-20-27-23(14-3-4-14)29(2)28-20)26-19-12-25-18-6-5-15(24)10-17(18)22(19)30/h5-6,10,12-14,16H,3-4,7-9,11H2,1-2H3/t13-,16?/m1/s1. The van der Waals surface area contributed by atoms with Crippen molar-refractivity contribution in [2.75, 3.05) is 6.61 Å². The van der Waals surface area contributed by atoms with Crippen molar-refractivity contribution < 1.29 is 4.74 Å². The second kappa shape index (κ2) is 7.28. The number of aromatic nitrogens is 6. The van der Waals surface area contributed by atoms with Crippen molar-refractivity contribution >= 4 is 33.5 Å². The molecule has 3 aromatic heterocycles. The summed E-state index contributed by atoms with van der Waals surface area (Å²) in [5.41, 5.74) is 2.92. The number of benzene rings is 1. The molecule has 1 saturated carbocycles. The zero-order chi connectivity index (χ0) is 21.1. The highest BCUT2D eigenvalue weighted by Gasteiger charge is 2.30. The summed E-state index contributed by atoms with van der Waals surface area (Å²) in [7, 11) is 1.99. The van der Waals surface area contributed by atoms with Gasteiger partial charge in [0.15, 0.2) is 5.82 Å². The molecule has 4 aromatic rings. The van der Waals surface area contributed by atoms with E-state index in [1.807, 2.05) is 36.1 Å². The van der Waals surface area contributed by atoms with E-state index < -0.39 is 0 Å². The number of imidazole rings is 1. The summed E-state index contributed by atoms with van der Waals surface area (Å²) in [4.78, 5) is 14.5. The van der Waals surface area contributed by atoms with Crippen LogP contribution in [0.1, 0.15) is 62.0 Å². The van der Waals surface area contributed by atoms with Gasteiger partial charge in [-0.25, -0.2) is 9.97 Å². The predicted molar refractivity (Wildman–Crippen MR) is 120 cm³/mol. The Bertz CT molecular complexity index is 1290. The van der Waals surface area contributed by atoms with Gasteiger partial charge < -0.3 is 9.30 Å². The summed E-state index contributed by atoms with van der Waals surface area (Å²) < 4.78 is 10.2. The maximum atomic E-state index is 6.37. The van der Waals surface area contributed by atoms with Gasteiger partial charge in [-0.15, -0.1) is 0 Å². The Morgan fingerprint density at radius 3 is 2.84 bits per heavy atom. The molecule has 1 aliphatic carbocycles. The van der Waals surface area contributed by atoms with Crippen LogP contribution in [0.2, 0.25) is 5.02 Å². The van der Waals surface area contributed by atoms with Crippen molar-refractivity contribution in [1.29, 1.82) is 0 Å². The molecule has 0 spiro atoms. The lowest BCUT2D eigenvalue weighted by Crippen LogP contribution is -2.26. The van der Waals surface area contributed by atoms with Gasteiger partial charge in [0, 0.05) is 36.0 Å². The Labute approximate surface area is 185 Å². The summed E-state index contributed by atoms with van der Waals surface area (Å²) in [6.45, 7) is 2.89. The van der Waals surface area contributed by atoms with E-state index in [0.717, 1.165) is 58.9 Å². The molecule has 7 nitrogen and oxygen atoms in total. The van der Waals surface area contributed by atoms with Crippen LogP contribution in [0.5, 0.6) is 0 Å². The quantitative estimate of drug-likeness (QED) is 0.468. The van der Waals surface area contributed by atoms with Crippen LogP contribution in [0.3, 0.4) is 0 Å². The number of ether oxygens (including phenoxy) is 1. The van der Waals surface area contributed by atoms with E-state index >= 15 is 0 Å². The van der Waals surface area contributed by atoms with Crippen molar-refractivity contribution in [3.8, 4) is 0 Å². The van der Waals surface area contributed by atoms with Gasteiger partial charge in [-0.1, -0.05) is 11.6 Å². The Hall–Kier alpha value is -2.51. The van der Waals surface area contributed by atoms with Crippen molar-refractivity contribution in [2.24, 2.45) is 7.05 Å². The Morgan fingerprint density at radius 2 is 2.03 bits per heavy atom. The highest BCUT2D eigenvalue weighted by Crippen LogP contribution is 2.39. The van der Waals surface area contributed by atoms with Crippen LogP contribution in [0.15, 0.2) is 24.4 Å². The third kappa shape index (κ3) is 3.40. The normalized spacial score (nSPS) is 21.9. The number of nitrogens with zero attached hydrogens (tertiary/aromatic N) is 6. The second-order valence-corrected chi connectivity index (χ2v) is 9.31. The first-order valence-corrected chi connectivity index (χ1v) is 11.4. The number of pyridine rings is 1. The molecule has 31 heavy (non-hydrogen) atoms. The minimum Gasteiger partial charge on any atom is -0.378 e. The third-order valence-electron chi connectivity index (χ3n) is 6.47. The van der Waals surface area contributed by atoms with Crippen molar-refractivity contribution in [3.63, 3.8) is 0 Å². The first kappa shape index (κ1) is 19.2. The molecule has 1 unspecified atom stereocenters. The second-order valence-electron chi connectivity index (χ2n) is 8.87. The van der Waals surface area contributed by atoms with E-state index in [4.69, 9.17) is 31.4 Å². The van der Waals surface area contributed by atoms with E-state index in [0.29, 0.717) is 23.4 Å². The fraction of sp³-hybridized carbons (Fsp3) is 0.478. The summed E-state index contributed by atoms with van der Waals surface area (Å²) in [5.74, 6) is 3.47. The summed E-state index contributed by atoms with van der Waals surface area (Å²) >= 11 is 6.37. The molecule has 1 aliphatic heterocycles. The summed E-state index contributed by atoms with van der Waals surface area (Å²) in [5, 5.41) is 6.45. The molecule has 2 atom stereocenters. The molecule has 6 rings (SSSR count). The van der Waals surface area contributed by atoms with Gasteiger partial charge in [0.1, 0.15) is 17.2 Å². The number of hydrogen-bond donors (Lipinski definition) is 0. The zero-order valence-corrected chi connectivity index (χ0v) is 18.5. The van der Waals surface area contributed by atoms with Crippen LogP contribution in [-0.4, -0.2) is 42.0 Å². The summed E-state index contributed by atoms with van der Waals surface area (Å²) in [6, 6.07) is 6.17. The minimum absolute atomic E-state index is 0.218. The first-order chi connectivity index (χ1) is 15.1. The molecular formula is C23H25ClN6O. The molecule has 0 radical (unpaired) electrons. The molecule has 8 heteroatoms. The highest BCUT2D eigenvalue weighted by atomic mass is 35.5. The maximum Gasteiger partial charge on any atom is 0.158 e. The van der Waals surface area contributed by atoms with Crippen molar-refractivity contribution in [1.82, 2.24) is 29.3 Å². The van der Waals surface area contributed by atoms with Crippen molar-refractivity contribution in [3.05, 3.63) is 46.9 Å². The monoisotopic (exact) mass is 436 g/mol. The largest absolute Gasteiger partial charge is 0.378 e. The van der Waals surface area contributed by atoms with Gasteiger partial charge in [-0.3, -0.25) is 9.67 Å².